The van der Waals surface area contributed by atoms with Gasteiger partial charge < -0.3 is 9.32 Å². The molecule has 0 bridgehead atoms. The molecule has 0 amide bonds. The molecule has 290 valence electrons. The highest BCUT2D eigenvalue weighted by Crippen LogP contribution is 2.42. The molecule has 12 aromatic rings. The molecule has 0 aliphatic rings. The molecule has 0 aliphatic heterocycles. The number of furan rings is 1. The Balaban J connectivity index is 1.06. The highest BCUT2D eigenvalue weighted by molar-refractivity contribution is 6.19. The van der Waals surface area contributed by atoms with E-state index in [1.54, 1.807) is 36.4 Å². The van der Waals surface area contributed by atoms with Gasteiger partial charge in [0.1, 0.15) is 11.2 Å². The summed E-state index contributed by atoms with van der Waals surface area (Å²) in [6.45, 7) is 0. The van der Waals surface area contributed by atoms with Gasteiger partial charge in [-0.2, -0.15) is 0 Å². The molecule has 0 atom stereocenters. The number of rotatable bonds is 7. The first-order valence-electron chi connectivity index (χ1n) is 28.4. The van der Waals surface area contributed by atoms with Gasteiger partial charge in [-0.05, 0) is 126 Å². The standard InChI is InChI=1S/C60H39NO/c1-2-9-40(10-3-1)41-17-19-42(20-18-41)43-23-31-50(32-24-43)61(51-33-25-44(26-34-51)48-30-37-54-49(39-48)22-21-45-11-4-6-13-53(45)54)52-35-27-47(28-36-52)55-15-8-16-58-59(55)57-38-29-46-12-5-7-14-56(46)60(57)62-58/h1-39H/i1D,2D,3D,9D,10D,17D,18D,19D,20D,23D,24D,25D,26D,31D,32D,33D,34D. The van der Waals surface area contributed by atoms with Crippen molar-refractivity contribution in [3.8, 4) is 44.5 Å². The third-order valence-corrected chi connectivity index (χ3v) is 11.2. The Morgan fingerprint density at radius 3 is 1.55 bits per heavy atom. The fourth-order valence-electron chi connectivity index (χ4n) is 8.17. The number of benzene rings is 11. The van der Waals surface area contributed by atoms with Crippen LogP contribution >= 0.6 is 0 Å². The molecular formula is C60H39NO. The van der Waals surface area contributed by atoms with Crippen molar-refractivity contribution >= 4 is 71.3 Å². The van der Waals surface area contributed by atoms with Crippen molar-refractivity contribution in [2.45, 2.75) is 0 Å². The smallest absolute Gasteiger partial charge is 0.143 e. The Morgan fingerprint density at radius 1 is 0.339 bits per heavy atom. The Morgan fingerprint density at radius 2 is 0.855 bits per heavy atom. The number of nitrogens with zero attached hydrogens (tertiary/aromatic N) is 1. The van der Waals surface area contributed by atoms with Gasteiger partial charge in [-0.1, -0.05) is 182 Å². The van der Waals surface area contributed by atoms with Gasteiger partial charge in [0.15, 0.2) is 0 Å². The zero-order valence-corrected chi connectivity index (χ0v) is 32.6. The largest absolute Gasteiger partial charge is 0.455 e. The zero-order valence-electron chi connectivity index (χ0n) is 49.6. The lowest BCUT2D eigenvalue weighted by Crippen LogP contribution is -2.09. The fourth-order valence-corrected chi connectivity index (χ4v) is 8.17. The number of anilines is 3. The van der Waals surface area contributed by atoms with Crippen LogP contribution in [0.25, 0.3) is 98.8 Å². The van der Waals surface area contributed by atoms with Crippen LogP contribution in [0.2, 0.25) is 0 Å². The lowest BCUT2D eigenvalue weighted by Gasteiger charge is -2.26. The van der Waals surface area contributed by atoms with Crippen molar-refractivity contribution < 1.29 is 27.7 Å². The van der Waals surface area contributed by atoms with Crippen molar-refractivity contribution in [2.75, 3.05) is 4.90 Å². The molecule has 2 heteroatoms. The van der Waals surface area contributed by atoms with Gasteiger partial charge in [-0.3, -0.25) is 0 Å². The van der Waals surface area contributed by atoms with Crippen molar-refractivity contribution in [1.82, 2.24) is 0 Å². The van der Waals surface area contributed by atoms with Crippen LogP contribution in [-0.4, -0.2) is 0 Å². The Labute approximate surface area is 384 Å². The Hall–Kier alpha value is -8.20. The molecule has 1 aromatic heterocycles. The van der Waals surface area contributed by atoms with Gasteiger partial charge in [0.2, 0.25) is 0 Å². The molecule has 0 radical (unpaired) electrons. The second kappa shape index (κ2) is 14.8. The Bertz CT molecular complexity index is 4530. The minimum atomic E-state index is -0.880. The SMILES string of the molecule is [2H]c1c([2H])c([2H])c(-c2c([2H])c([2H])c(-c3c([2H])c([2H])c(N(c4ccc(-c5cccc6oc7c8ccccc8ccc7c56)cc4)c4c([2H])c([2H])c(-c5ccc6c(ccc7ccccc76)c5)c([2H])c4[2H])c([2H])c3[2H])c([2H])c2[2H])c([2H])c1[2H]. The maximum absolute atomic E-state index is 9.68. The van der Waals surface area contributed by atoms with E-state index in [0.717, 1.165) is 53.6 Å². The van der Waals surface area contributed by atoms with Crippen molar-refractivity contribution in [3.05, 3.63) is 236 Å². The van der Waals surface area contributed by atoms with E-state index in [2.05, 4.69) is 0 Å². The monoisotopic (exact) mass is 806 g/mol. The fraction of sp³-hybridized carbons (Fsp3) is 0. The summed E-state index contributed by atoms with van der Waals surface area (Å²) in [6.07, 6.45) is 0. The number of fused-ring (bicyclic) bond motifs is 8. The zero-order chi connectivity index (χ0) is 55.8. The molecule has 0 N–H and O–H groups in total. The molecule has 12 rings (SSSR count). The van der Waals surface area contributed by atoms with Gasteiger partial charge in [-0.15, -0.1) is 0 Å². The van der Waals surface area contributed by atoms with Crippen LogP contribution in [0.4, 0.5) is 17.1 Å². The molecule has 0 spiro atoms. The van der Waals surface area contributed by atoms with Crippen molar-refractivity contribution in [1.29, 1.82) is 0 Å². The van der Waals surface area contributed by atoms with Crippen LogP contribution in [0.1, 0.15) is 23.3 Å². The molecule has 0 aliphatic carbocycles. The predicted octanol–water partition coefficient (Wildman–Crippen LogP) is 17.2. The summed E-state index contributed by atoms with van der Waals surface area (Å²) >= 11 is 0. The molecule has 62 heavy (non-hydrogen) atoms. The first-order valence-corrected chi connectivity index (χ1v) is 19.9. The van der Waals surface area contributed by atoms with E-state index in [4.69, 9.17) is 16.8 Å². The van der Waals surface area contributed by atoms with Gasteiger partial charge in [-0.25, -0.2) is 0 Å². The molecule has 0 saturated heterocycles. The van der Waals surface area contributed by atoms with Crippen LogP contribution in [-0.2, 0) is 0 Å². The molecule has 0 fully saturated rings. The van der Waals surface area contributed by atoms with E-state index in [-0.39, 0.29) is 11.3 Å². The summed E-state index contributed by atoms with van der Waals surface area (Å²) < 4.78 is 161. The first kappa shape index (κ1) is 22.4. The average molecular weight is 807 g/mol. The topological polar surface area (TPSA) is 16.4 Å². The summed E-state index contributed by atoms with van der Waals surface area (Å²) in [5, 5.41) is 7.34. The second-order valence-corrected chi connectivity index (χ2v) is 14.7. The summed E-state index contributed by atoms with van der Waals surface area (Å²) in [6, 6.07) is 28.6. The third kappa shape index (κ3) is 6.20. The highest BCUT2D eigenvalue weighted by Gasteiger charge is 2.17. The summed E-state index contributed by atoms with van der Waals surface area (Å²) in [7, 11) is 0. The molecule has 11 aromatic carbocycles. The summed E-state index contributed by atoms with van der Waals surface area (Å²) in [5.41, 5.74) is -0.237. The quantitative estimate of drug-likeness (QED) is 0.149. The minimum Gasteiger partial charge on any atom is -0.455 e. The maximum atomic E-state index is 9.68. The summed E-state index contributed by atoms with van der Waals surface area (Å²) in [5.74, 6) is 0. The van der Waals surface area contributed by atoms with Gasteiger partial charge in [0.25, 0.3) is 0 Å². The van der Waals surface area contributed by atoms with E-state index >= 15 is 0 Å². The predicted molar refractivity (Wildman–Crippen MR) is 263 cm³/mol. The molecule has 2 nitrogen and oxygen atoms in total. The highest BCUT2D eigenvalue weighted by atomic mass is 16.3. The molecule has 0 unspecified atom stereocenters. The molecular weight excluding hydrogens is 751 g/mol. The van der Waals surface area contributed by atoms with Crippen LogP contribution in [0.15, 0.2) is 241 Å². The van der Waals surface area contributed by atoms with Gasteiger partial charge in [0.05, 0.1) is 23.3 Å². The Kier molecular flexibility index (Phi) is 5.36. The van der Waals surface area contributed by atoms with Crippen LogP contribution in [0.3, 0.4) is 0 Å². The summed E-state index contributed by atoms with van der Waals surface area (Å²) in [4.78, 5) is 1.13. The van der Waals surface area contributed by atoms with Gasteiger partial charge in [0, 0.05) is 33.2 Å². The van der Waals surface area contributed by atoms with E-state index in [1.165, 1.54) is 0 Å². The van der Waals surface area contributed by atoms with E-state index < -0.39 is 136 Å². The molecule has 1 heterocycles. The number of hydrogen-bond acceptors (Lipinski definition) is 2. The van der Waals surface area contributed by atoms with Crippen LogP contribution < -0.4 is 4.90 Å². The van der Waals surface area contributed by atoms with Gasteiger partial charge >= 0.3 is 0 Å². The minimum absolute atomic E-state index is 0.0253. The third-order valence-electron chi connectivity index (χ3n) is 11.2. The number of hydrogen-bond donors (Lipinski definition) is 0. The lowest BCUT2D eigenvalue weighted by molar-refractivity contribution is 0.673. The normalized spacial score (nSPS) is 15.4. The van der Waals surface area contributed by atoms with Crippen molar-refractivity contribution in [2.24, 2.45) is 0 Å². The van der Waals surface area contributed by atoms with E-state index in [1.807, 2.05) is 97.1 Å². The first-order chi connectivity index (χ1) is 37.8. The maximum Gasteiger partial charge on any atom is 0.143 e. The second-order valence-electron chi connectivity index (χ2n) is 14.7. The van der Waals surface area contributed by atoms with E-state index in [0.29, 0.717) is 22.3 Å². The van der Waals surface area contributed by atoms with Crippen LogP contribution in [0.5, 0.6) is 0 Å². The molecule has 0 saturated carbocycles. The van der Waals surface area contributed by atoms with Crippen LogP contribution in [0, 0.1) is 0 Å². The lowest BCUT2D eigenvalue weighted by atomic mass is 9.97. The van der Waals surface area contributed by atoms with Crippen molar-refractivity contribution in [3.63, 3.8) is 0 Å². The van der Waals surface area contributed by atoms with E-state index in [9.17, 15) is 11.0 Å². The average Bonchev–Trinajstić information content (AvgIpc) is 4.06.